The van der Waals surface area contributed by atoms with Crippen molar-refractivity contribution in [2.75, 3.05) is 0 Å². The summed E-state index contributed by atoms with van der Waals surface area (Å²) in [7, 11) is 0. The maximum atomic E-state index is 11.6. The standard InChI is InChI=1S/C5H5F2NO2/c6-4(7)1-3-5(9)8-2-10-3/h2-4H,1H2. The molecule has 0 radical (unpaired) electrons. The molecule has 0 fully saturated rings. The maximum absolute atomic E-state index is 11.6. The van der Waals surface area contributed by atoms with E-state index in [1.54, 1.807) is 0 Å². The molecule has 0 aromatic heterocycles. The van der Waals surface area contributed by atoms with Gasteiger partial charge in [0, 0.05) is 0 Å². The number of rotatable bonds is 2. The highest BCUT2D eigenvalue weighted by atomic mass is 19.3. The van der Waals surface area contributed by atoms with Crippen molar-refractivity contribution in [3.05, 3.63) is 0 Å². The third kappa shape index (κ3) is 1.49. The van der Waals surface area contributed by atoms with Gasteiger partial charge >= 0.3 is 0 Å². The maximum Gasteiger partial charge on any atom is 0.289 e. The van der Waals surface area contributed by atoms with Crippen LogP contribution in [0, 0.1) is 0 Å². The van der Waals surface area contributed by atoms with Crippen molar-refractivity contribution < 1.29 is 18.3 Å². The number of hydrogen-bond donors (Lipinski definition) is 0. The number of alkyl halides is 2. The van der Waals surface area contributed by atoms with Crippen molar-refractivity contribution >= 4 is 12.3 Å². The zero-order chi connectivity index (χ0) is 7.56. The Hall–Kier alpha value is -1.00. The first kappa shape index (κ1) is 7.11. The molecule has 1 unspecified atom stereocenters. The summed E-state index contributed by atoms with van der Waals surface area (Å²) >= 11 is 0. The molecule has 1 aliphatic rings. The van der Waals surface area contributed by atoms with Gasteiger partial charge in [-0.2, -0.15) is 4.99 Å². The summed E-state index contributed by atoms with van der Waals surface area (Å²) in [6, 6.07) is 0. The second-order valence-corrected chi connectivity index (χ2v) is 1.82. The summed E-state index contributed by atoms with van der Waals surface area (Å²) in [4.78, 5) is 13.6. The molecule has 1 rings (SSSR count). The Balaban J connectivity index is 2.37. The van der Waals surface area contributed by atoms with E-state index in [9.17, 15) is 13.6 Å². The van der Waals surface area contributed by atoms with Gasteiger partial charge in [0.1, 0.15) is 0 Å². The molecule has 3 nitrogen and oxygen atoms in total. The third-order valence-electron chi connectivity index (χ3n) is 1.07. The van der Waals surface area contributed by atoms with Gasteiger partial charge in [-0.25, -0.2) is 8.78 Å². The lowest BCUT2D eigenvalue weighted by Crippen LogP contribution is -2.19. The molecule has 0 aliphatic carbocycles. The monoisotopic (exact) mass is 149 g/mol. The molecule has 0 saturated carbocycles. The average molecular weight is 149 g/mol. The lowest BCUT2D eigenvalue weighted by Gasteiger charge is -2.04. The van der Waals surface area contributed by atoms with Gasteiger partial charge in [-0.3, -0.25) is 4.79 Å². The van der Waals surface area contributed by atoms with E-state index < -0.39 is 24.9 Å². The number of carbonyl (C=O) groups is 1. The second-order valence-electron chi connectivity index (χ2n) is 1.82. The Labute approximate surface area is 55.7 Å². The van der Waals surface area contributed by atoms with Gasteiger partial charge in [-0.15, -0.1) is 0 Å². The minimum atomic E-state index is -2.52. The second kappa shape index (κ2) is 2.72. The van der Waals surface area contributed by atoms with E-state index >= 15 is 0 Å². The molecule has 1 atom stereocenters. The van der Waals surface area contributed by atoms with E-state index in [0.717, 1.165) is 6.40 Å². The van der Waals surface area contributed by atoms with Crippen molar-refractivity contribution in [2.24, 2.45) is 4.99 Å². The molecular weight excluding hydrogens is 144 g/mol. The Morgan fingerprint density at radius 3 is 2.90 bits per heavy atom. The van der Waals surface area contributed by atoms with Crippen LogP contribution in [0.2, 0.25) is 0 Å². The highest BCUT2D eigenvalue weighted by Crippen LogP contribution is 2.11. The topological polar surface area (TPSA) is 38.7 Å². The normalized spacial score (nSPS) is 23.9. The van der Waals surface area contributed by atoms with E-state index in [4.69, 9.17) is 0 Å². The number of ether oxygens (including phenoxy) is 1. The fourth-order valence-corrected chi connectivity index (χ4v) is 0.615. The third-order valence-corrected chi connectivity index (χ3v) is 1.07. The van der Waals surface area contributed by atoms with Gasteiger partial charge in [-0.1, -0.05) is 0 Å². The first-order valence-electron chi connectivity index (χ1n) is 2.70. The number of nitrogens with zero attached hydrogens (tertiary/aromatic N) is 1. The summed E-state index contributed by atoms with van der Waals surface area (Å²) in [5, 5.41) is 0. The fraction of sp³-hybridized carbons (Fsp3) is 0.600. The smallest absolute Gasteiger partial charge is 0.289 e. The van der Waals surface area contributed by atoms with Crippen LogP contribution in [0.1, 0.15) is 6.42 Å². The number of hydrogen-bond acceptors (Lipinski definition) is 2. The molecule has 0 saturated heterocycles. The highest BCUT2D eigenvalue weighted by Gasteiger charge is 2.26. The van der Waals surface area contributed by atoms with Gasteiger partial charge in [0.2, 0.25) is 6.43 Å². The lowest BCUT2D eigenvalue weighted by atomic mass is 10.2. The van der Waals surface area contributed by atoms with Crippen molar-refractivity contribution in [1.82, 2.24) is 0 Å². The van der Waals surface area contributed by atoms with Crippen LogP contribution in [0.3, 0.4) is 0 Å². The van der Waals surface area contributed by atoms with Crippen molar-refractivity contribution in [3.8, 4) is 0 Å². The molecule has 5 heteroatoms. The molecule has 0 aromatic rings. The van der Waals surface area contributed by atoms with Crippen LogP contribution in [0.5, 0.6) is 0 Å². The molecule has 10 heavy (non-hydrogen) atoms. The molecule has 0 N–H and O–H groups in total. The van der Waals surface area contributed by atoms with Crippen molar-refractivity contribution in [2.45, 2.75) is 19.0 Å². The summed E-state index contributed by atoms with van der Waals surface area (Å²) in [5.74, 6) is -0.625. The largest absolute Gasteiger partial charge is 0.470 e. The first-order valence-corrected chi connectivity index (χ1v) is 2.70. The van der Waals surface area contributed by atoms with Crippen molar-refractivity contribution in [1.29, 1.82) is 0 Å². The van der Waals surface area contributed by atoms with Gasteiger partial charge in [0.25, 0.3) is 5.91 Å². The summed E-state index contributed by atoms with van der Waals surface area (Å²) in [5.41, 5.74) is 0. The predicted molar refractivity (Wildman–Crippen MR) is 29.0 cm³/mol. The van der Waals surface area contributed by atoms with E-state index in [0.29, 0.717) is 0 Å². The number of halogens is 2. The van der Waals surface area contributed by atoms with Crippen LogP contribution < -0.4 is 0 Å². The minimum absolute atomic E-state index is 0.571. The molecule has 0 spiro atoms. The zero-order valence-electron chi connectivity index (χ0n) is 4.96. The first-order chi connectivity index (χ1) is 4.70. The fourth-order valence-electron chi connectivity index (χ4n) is 0.615. The Kier molecular flexibility index (Phi) is 1.94. The number of aliphatic imine (C=N–C) groups is 1. The van der Waals surface area contributed by atoms with Crippen molar-refractivity contribution in [3.63, 3.8) is 0 Å². The van der Waals surface area contributed by atoms with Gasteiger partial charge < -0.3 is 4.74 Å². The average Bonchev–Trinajstić information content (AvgIpc) is 2.15. The molecule has 1 aliphatic heterocycles. The van der Waals surface area contributed by atoms with E-state index in [1.165, 1.54) is 0 Å². The Bertz CT molecular complexity index is 169. The lowest BCUT2D eigenvalue weighted by molar-refractivity contribution is -0.124. The van der Waals surface area contributed by atoms with E-state index in [2.05, 4.69) is 9.73 Å². The van der Waals surface area contributed by atoms with Crippen LogP contribution in [-0.4, -0.2) is 24.8 Å². The van der Waals surface area contributed by atoms with Crippen LogP contribution >= 0.6 is 0 Å². The predicted octanol–water partition coefficient (Wildman–Crippen LogP) is 0.595. The van der Waals surface area contributed by atoms with Gasteiger partial charge in [0.05, 0.1) is 6.42 Å². The van der Waals surface area contributed by atoms with Gasteiger partial charge in [-0.05, 0) is 0 Å². The molecule has 1 amide bonds. The number of carbonyl (C=O) groups excluding carboxylic acids is 1. The summed E-state index contributed by atoms with van der Waals surface area (Å²) in [6.45, 7) is 0. The quantitative estimate of drug-likeness (QED) is 0.576. The Morgan fingerprint density at radius 1 is 1.80 bits per heavy atom. The van der Waals surface area contributed by atoms with Crippen LogP contribution in [0.25, 0.3) is 0 Å². The summed E-state index contributed by atoms with van der Waals surface area (Å²) in [6.07, 6.45) is -3.25. The molecule has 56 valence electrons. The molecule has 0 bridgehead atoms. The number of amides is 1. The Morgan fingerprint density at radius 2 is 2.50 bits per heavy atom. The minimum Gasteiger partial charge on any atom is -0.470 e. The molecule has 1 heterocycles. The van der Waals surface area contributed by atoms with E-state index in [-0.39, 0.29) is 0 Å². The van der Waals surface area contributed by atoms with Gasteiger partial charge in [0.15, 0.2) is 12.5 Å². The SMILES string of the molecule is O=C1N=COC1CC(F)F. The highest BCUT2D eigenvalue weighted by molar-refractivity contribution is 5.91. The van der Waals surface area contributed by atoms with Crippen LogP contribution in [0.15, 0.2) is 4.99 Å². The van der Waals surface area contributed by atoms with Crippen LogP contribution in [-0.2, 0) is 9.53 Å². The van der Waals surface area contributed by atoms with E-state index in [1.807, 2.05) is 0 Å². The molecule has 0 aromatic carbocycles. The van der Waals surface area contributed by atoms with Crippen LogP contribution in [0.4, 0.5) is 8.78 Å². The zero-order valence-corrected chi connectivity index (χ0v) is 4.96. The molecular formula is C5H5F2NO2. The summed E-state index contributed by atoms with van der Waals surface area (Å²) < 4.78 is 27.6.